The third-order valence-electron chi connectivity index (χ3n) is 2.47. The summed E-state index contributed by atoms with van der Waals surface area (Å²) in [6.07, 6.45) is 0. The summed E-state index contributed by atoms with van der Waals surface area (Å²) in [6, 6.07) is 5.62. The number of fused-ring (bicyclic) bond motifs is 1. The Kier molecular flexibility index (Phi) is 1.81. The average molecular weight is 189 g/mol. The van der Waals surface area contributed by atoms with E-state index in [1.165, 1.54) is 5.56 Å². The summed E-state index contributed by atoms with van der Waals surface area (Å²) in [6.45, 7) is 4.03. The Morgan fingerprint density at radius 2 is 1.86 bits per heavy atom. The van der Waals surface area contributed by atoms with Crippen molar-refractivity contribution in [1.29, 1.82) is 0 Å². The van der Waals surface area contributed by atoms with Crippen LogP contribution in [-0.4, -0.2) is 16.1 Å². The zero-order valence-corrected chi connectivity index (χ0v) is 8.09. The molecule has 1 aromatic carbocycles. The summed E-state index contributed by atoms with van der Waals surface area (Å²) < 4.78 is 0. The normalized spacial score (nSPS) is 10.7. The molecule has 0 amide bonds. The Balaban J connectivity index is 2.72. The van der Waals surface area contributed by atoms with Crippen molar-refractivity contribution < 1.29 is 9.90 Å². The van der Waals surface area contributed by atoms with Gasteiger partial charge in [-0.1, -0.05) is 0 Å². The van der Waals surface area contributed by atoms with E-state index in [0.29, 0.717) is 0 Å². The molecule has 0 saturated carbocycles. The lowest BCUT2D eigenvalue weighted by molar-refractivity contribution is 0.0691. The Hall–Kier alpha value is -1.77. The highest BCUT2D eigenvalue weighted by Gasteiger charge is 2.07. The topological polar surface area (TPSA) is 53.1 Å². The number of carboxylic acid groups (broad SMARTS) is 1. The monoisotopic (exact) mass is 189 g/mol. The Morgan fingerprint density at radius 3 is 2.50 bits per heavy atom. The van der Waals surface area contributed by atoms with Crippen molar-refractivity contribution in [2.75, 3.05) is 0 Å². The fourth-order valence-electron chi connectivity index (χ4n) is 1.52. The van der Waals surface area contributed by atoms with Crippen LogP contribution in [0.5, 0.6) is 0 Å². The van der Waals surface area contributed by atoms with E-state index in [4.69, 9.17) is 5.11 Å². The first-order valence-electron chi connectivity index (χ1n) is 4.41. The van der Waals surface area contributed by atoms with E-state index >= 15 is 0 Å². The molecule has 0 bridgehead atoms. The first-order valence-corrected chi connectivity index (χ1v) is 4.41. The molecular weight excluding hydrogens is 178 g/mol. The van der Waals surface area contributed by atoms with Crippen molar-refractivity contribution in [1.82, 2.24) is 4.98 Å². The fourth-order valence-corrected chi connectivity index (χ4v) is 1.52. The standard InChI is InChI=1S/C11H11NO2/c1-6-3-8-5-10(11(13)14)12-9(8)4-7(6)2/h3-5,12H,1-2H3,(H,13,14). The highest BCUT2D eigenvalue weighted by molar-refractivity contribution is 5.94. The fraction of sp³-hybridized carbons (Fsp3) is 0.182. The van der Waals surface area contributed by atoms with Gasteiger partial charge < -0.3 is 10.1 Å². The van der Waals surface area contributed by atoms with Gasteiger partial charge >= 0.3 is 5.97 Å². The molecule has 72 valence electrons. The van der Waals surface area contributed by atoms with Gasteiger partial charge in [-0.25, -0.2) is 4.79 Å². The lowest BCUT2D eigenvalue weighted by Crippen LogP contribution is -1.94. The summed E-state index contributed by atoms with van der Waals surface area (Å²) in [5.74, 6) is -0.920. The van der Waals surface area contributed by atoms with E-state index in [9.17, 15) is 4.79 Å². The van der Waals surface area contributed by atoms with Crippen LogP contribution in [0.1, 0.15) is 21.6 Å². The van der Waals surface area contributed by atoms with Crippen molar-refractivity contribution in [3.8, 4) is 0 Å². The SMILES string of the molecule is Cc1cc2cc(C(=O)O)[nH]c2cc1C. The maximum absolute atomic E-state index is 10.7. The number of aromatic amines is 1. The lowest BCUT2D eigenvalue weighted by Gasteiger charge is -1.98. The second-order valence-electron chi connectivity index (χ2n) is 3.51. The Bertz CT molecular complexity index is 472. The van der Waals surface area contributed by atoms with Gasteiger partial charge in [0.15, 0.2) is 0 Å². The van der Waals surface area contributed by atoms with Gasteiger partial charge in [-0.15, -0.1) is 0 Å². The van der Waals surface area contributed by atoms with Gasteiger partial charge in [-0.05, 0) is 43.2 Å². The van der Waals surface area contributed by atoms with Crippen molar-refractivity contribution >= 4 is 16.9 Å². The van der Waals surface area contributed by atoms with E-state index in [1.54, 1.807) is 6.07 Å². The minimum atomic E-state index is -0.920. The minimum absolute atomic E-state index is 0.241. The molecule has 3 nitrogen and oxygen atoms in total. The minimum Gasteiger partial charge on any atom is -0.477 e. The van der Waals surface area contributed by atoms with Gasteiger partial charge in [0, 0.05) is 10.9 Å². The van der Waals surface area contributed by atoms with Crippen molar-refractivity contribution in [2.24, 2.45) is 0 Å². The zero-order chi connectivity index (χ0) is 10.3. The second-order valence-corrected chi connectivity index (χ2v) is 3.51. The van der Waals surface area contributed by atoms with Crippen molar-refractivity contribution in [3.05, 3.63) is 35.0 Å². The molecule has 2 aromatic rings. The third kappa shape index (κ3) is 1.27. The number of rotatable bonds is 1. The average Bonchev–Trinajstić information content (AvgIpc) is 2.48. The number of carbonyl (C=O) groups is 1. The van der Waals surface area contributed by atoms with Crippen LogP contribution in [0.4, 0.5) is 0 Å². The van der Waals surface area contributed by atoms with E-state index < -0.39 is 5.97 Å². The van der Waals surface area contributed by atoms with Gasteiger partial charge in [-0.3, -0.25) is 0 Å². The molecule has 0 radical (unpaired) electrons. The van der Waals surface area contributed by atoms with Crippen LogP contribution in [0.25, 0.3) is 10.9 Å². The summed E-state index contributed by atoms with van der Waals surface area (Å²) in [7, 11) is 0. The smallest absolute Gasteiger partial charge is 0.352 e. The molecule has 0 aliphatic heterocycles. The highest BCUT2D eigenvalue weighted by Crippen LogP contribution is 2.19. The molecule has 0 atom stereocenters. The molecule has 0 fully saturated rings. The predicted molar refractivity (Wildman–Crippen MR) is 54.7 cm³/mol. The molecule has 1 aromatic heterocycles. The summed E-state index contributed by atoms with van der Waals surface area (Å²) >= 11 is 0. The van der Waals surface area contributed by atoms with Crippen LogP contribution in [0.3, 0.4) is 0 Å². The van der Waals surface area contributed by atoms with Gasteiger partial charge in [0.2, 0.25) is 0 Å². The summed E-state index contributed by atoms with van der Waals surface area (Å²) in [5.41, 5.74) is 3.46. The molecule has 0 unspecified atom stereocenters. The van der Waals surface area contributed by atoms with Gasteiger partial charge in [0.25, 0.3) is 0 Å². The Morgan fingerprint density at radius 1 is 1.21 bits per heavy atom. The number of benzene rings is 1. The van der Waals surface area contributed by atoms with Gasteiger partial charge in [-0.2, -0.15) is 0 Å². The largest absolute Gasteiger partial charge is 0.477 e. The van der Waals surface area contributed by atoms with E-state index in [2.05, 4.69) is 4.98 Å². The maximum Gasteiger partial charge on any atom is 0.352 e. The quantitative estimate of drug-likeness (QED) is 0.724. The first kappa shape index (κ1) is 8.81. The molecule has 0 saturated heterocycles. The van der Waals surface area contributed by atoms with Crippen LogP contribution < -0.4 is 0 Å². The number of H-pyrrole nitrogens is 1. The Labute approximate surface area is 81.4 Å². The van der Waals surface area contributed by atoms with Crippen LogP contribution in [0, 0.1) is 13.8 Å². The third-order valence-corrected chi connectivity index (χ3v) is 2.47. The van der Waals surface area contributed by atoms with Gasteiger partial charge in [0.05, 0.1) is 0 Å². The second kappa shape index (κ2) is 2.87. The van der Waals surface area contributed by atoms with E-state index in [-0.39, 0.29) is 5.69 Å². The number of aromatic nitrogens is 1. The zero-order valence-electron chi connectivity index (χ0n) is 8.09. The molecule has 3 heteroatoms. The lowest BCUT2D eigenvalue weighted by atomic mass is 10.1. The molecule has 2 rings (SSSR count). The summed E-state index contributed by atoms with van der Waals surface area (Å²) in [4.78, 5) is 13.6. The van der Waals surface area contributed by atoms with E-state index in [1.807, 2.05) is 26.0 Å². The van der Waals surface area contributed by atoms with Crippen molar-refractivity contribution in [3.63, 3.8) is 0 Å². The predicted octanol–water partition coefficient (Wildman–Crippen LogP) is 2.48. The van der Waals surface area contributed by atoms with Gasteiger partial charge in [0.1, 0.15) is 5.69 Å². The number of aromatic carboxylic acids is 1. The molecular formula is C11H11NO2. The number of aryl methyl sites for hydroxylation is 2. The number of nitrogens with one attached hydrogen (secondary N) is 1. The molecule has 0 aliphatic rings. The maximum atomic E-state index is 10.7. The van der Waals surface area contributed by atoms with Crippen LogP contribution >= 0.6 is 0 Å². The van der Waals surface area contributed by atoms with E-state index in [0.717, 1.165) is 16.5 Å². The number of hydrogen-bond acceptors (Lipinski definition) is 1. The molecule has 1 heterocycles. The molecule has 2 N–H and O–H groups in total. The first-order chi connectivity index (χ1) is 6.58. The van der Waals surface area contributed by atoms with Crippen LogP contribution in [0.15, 0.2) is 18.2 Å². The molecule has 14 heavy (non-hydrogen) atoms. The van der Waals surface area contributed by atoms with Crippen molar-refractivity contribution in [2.45, 2.75) is 13.8 Å². The van der Waals surface area contributed by atoms with Crippen LogP contribution in [-0.2, 0) is 0 Å². The highest BCUT2D eigenvalue weighted by atomic mass is 16.4. The van der Waals surface area contributed by atoms with Crippen LogP contribution in [0.2, 0.25) is 0 Å². The molecule has 0 aliphatic carbocycles. The summed E-state index contributed by atoms with van der Waals surface area (Å²) in [5, 5.41) is 9.74. The number of hydrogen-bond donors (Lipinski definition) is 2. The molecule has 0 spiro atoms. The number of carboxylic acids is 1.